The average Bonchev–Trinajstić information content (AvgIpc) is 3.20. The van der Waals surface area contributed by atoms with E-state index in [1.54, 1.807) is 6.07 Å². The van der Waals surface area contributed by atoms with Crippen LogP contribution < -0.4 is 0 Å². The number of carboxylic acids is 1. The fourth-order valence-corrected chi connectivity index (χ4v) is 6.11. The van der Waals surface area contributed by atoms with E-state index in [0.717, 1.165) is 23.5 Å². The molecule has 0 atom stereocenters. The number of hydrogen-bond acceptors (Lipinski definition) is 3. The lowest BCUT2D eigenvalue weighted by atomic mass is 9.85. The SMILES string of the molecule is Cc1cc(SCC(C)(C)CCc2ccc(C(=O)O)s2)cc(C)c1-c1ccc(C(C)(C)C)cc1. The van der Waals surface area contributed by atoms with E-state index in [1.165, 1.54) is 44.0 Å². The summed E-state index contributed by atoms with van der Waals surface area (Å²) in [6, 6.07) is 17.3. The Morgan fingerprint density at radius 1 is 0.939 bits per heavy atom. The maximum absolute atomic E-state index is 11.1. The smallest absolute Gasteiger partial charge is 0.345 e. The van der Waals surface area contributed by atoms with Crippen LogP contribution in [0.4, 0.5) is 0 Å². The largest absolute Gasteiger partial charge is 0.477 e. The third kappa shape index (κ3) is 6.74. The summed E-state index contributed by atoms with van der Waals surface area (Å²) in [7, 11) is 0. The number of carboxylic acid groups (broad SMARTS) is 1. The lowest BCUT2D eigenvalue weighted by molar-refractivity contribution is 0.0702. The van der Waals surface area contributed by atoms with E-state index in [9.17, 15) is 4.79 Å². The van der Waals surface area contributed by atoms with Crippen molar-refractivity contribution in [3.63, 3.8) is 0 Å². The minimum Gasteiger partial charge on any atom is -0.477 e. The molecule has 0 radical (unpaired) electrons. The molecule has 3 aromatic rings. The van der Waals surface area contributed by atoms with Crippen LogP contribution in [0.3, 0.4) is 0 Å². The molecule has 0 saturated heterocycles. The highest BCUT2D eigenvalue weighted by atomic mass is 32.2. The first-order chi connectivity index (χ1) is 15.4. The molecule has 4 heteroatoms. The summed E-state index contributed by atoms with van der Waals surface area (Å²) in [5, 5.41) is 9.12. The quantitative estimate of drug-likeness (QED) is 0.327. The molecule has 33 heavy (non-hydrogen) atoms. The van der Waals surface area contributed by atoms with Gasteiger partial charge in [0.05, 0.1) is 0 Å². The van der Waals surface area contributed by atoms with Gasteiger partial charge >= 0.3 is 5.97 Å². The summed E-state index contributed by atoms with van der Waals surface area (Å²) in [6.07, 6.45) is 1.96. The number of thioether (sulfide) groups is 1. The summed E-state index contributed by atoms with van der Waals surface area (Å²) in [5.41, 5.74) is 6.95. The molecule has 0 spiro atoms. The van der Waals surface area contributed by atoms with Crippen LogP contribution in [0.15, 0.2) is 53.4 Å². The number of rotatable bonds is 8. The molecule has 0 unspecified atom stereocenters. The first-order valence-electron chi connectivity index (χ1n) is 11.5. The van der Waals surface area contributed by atoms with Gasteiger partial charge in [0.25, 0.3) is 0 Å². The van der Waals surface area contributed by atoms with Crippen molar-refractivity contribution >= 4 is 29.1 Å². The van der Waals surface area contributed by atoms with Crippen molar-refractivity contribution < 1.29 is 9.90 Å². The van der Waals surface area contributed by atoms with Crippen LogP contribution in [0.1, 0.15) is 72.3 Å². The molecule has 0 fully saturated rings. The van der Waals surface area contributed by atoms with Gasteiger partial charge in [-0.25, -0.2) is 4.79 Å². The zero-order valence-corrected chi connectivity index (χ0v) is 22.5. The Labute approximate surface area is 207 Å². The zero-order valence-electron chi connectivity index (χ0n) is 20.9. The molecule has 0 aliphatic carbocycles. The molecule has 1 heterocycles. The average molecular weight is 481 g/mol. The molecule has 2 aromatic carbocycles. The van der Waals surface area contributed by atoms with Crippen molar-refractivity contribution in [3.05, 3.63) is 75.0 Å². The van der Waals surface area contributed by atoms with E-state index in [1.807, 2.05) is 17.8 Å². The highest BCUT2D eigenvalue weighted by Crippen LogP contribution is 2.36. The lowest BCUT2D eigenvalue weighted by Gasteiger charge is -2.24. The van der Waals surface area contributed by atoms with Crippen LogP contribution in [-0.2, 0) is 11.8 Å². The summed E-state index contributed by atoms with van der Waals surface area (Å²) < 4.78 is 0. The van der Waals surface area contributed by atoms with Crippen LogP contribution in [0.2, 0.25) is 0 Å². The number of hydrogen-bond donors (Lipinski definition) is 1. The Morgan fingerprint density at radius 2 is 1.55 bits per heavy atom. The minimum absolute atomic E-state index is 0.165. The Bertz CT molecular complexity index is 1090. The van der Waals surface area contributed by atoms with Crippen LogP contribution in [0.25, 0.3) is 11.1 Å². The molecule has 0 aliphatic heterocycles. The number of carbonyl (C=O) groups is 1. The minimum atomic E-state index is -0.833. The van der Waals surface area contributed by atoms with Crippen molar-refractivity contribution in [2.75, 3.05) is 5.75 Å². The standard InChI is InChI=1S/C29H36O2S2/c1-19-16-24(17-20(2)26(19)21-8-10-22(11-9-21)28(3,4)5)32-18-29(6,7)15-14-23-12-13-25(33-23)27(30)31/h8-13,16-17H,14-15,18H2,1-7H3,(H,30,31). The van der Waals surface area contributed by atoms with E-state index >= 15 is 0 Å². The number of thiophene rings is 1. The Kier molecular flexibility index (Phi) is 7.80. The number of aromatic carboxylic acids is 1. The van der Waals surface area contributed by atoms with Gasteiger partial charge in [-0.3, -0.25) is 0 Å². The zero-order chi connectivity index (χ0) is 24.4. The Balaban J connectivity index is 1.66. The first-order valence-corrected chi connectivity index (χ1v) is 13.3. The first kappa shape index (κ1) is 25.6. The van der Waals surface area contributed by atoms with Gasteiger partial charge in [-0.1, -0.05) is 58.9 Å². The maximum Gasteiger partial charge on any atom is 0.345 e. The number of aryl methyl sites for hydroxylation is 3. The van der Waals surface area contributed by atoms with Crippen molar-refractivity contribution in [2.24, 2.45) is 5.41 Å². The van der Waals surface area contributed by atoms with E-state index in [2.05, 4.69) is 84.9 Å². The maximum atomic E-state index is 11.1. The van der Waals surface area contributed by atoms with Gasteiger partial charge in [-0.15, -0.1) is 23.1 Å². The molecule has 3 rings (SSSR count). The van der Waals surface area contributed by atoms with Gasteiger partial charge < -0.3 is 5.11 Å². The van der Waals surface area contributed by atoms with Crippen LogP contribution >= 0.6 is 23.1 Å². The second kappa shape index (κ2) is 10.1. The molecule has 2 nitrogen and oxygen atoms in total. The monoisotopic (exact) mass is 480 g/mol. The molecule has 0 aliphatic rings. The molecular weight excluding hydrogens is 444 g/mol. The molecule has 0 saturated carbocycles. The fourth-order valence-electron chi connectivity index (χ4n) is 4.04. The summed E-state index contributed by atoms with van der Waals surface area (Å²) >= 11 is 3.32. The van der Waals surface area contributed by atoms with Crippen LogP contribution in [0.5, 0.6) is 0 Å². The molecule has 0 bridgehead atoms. The second-order valence-electron chi connectivity index (χ2n) is 10.8. The topological polar surface area (TPSA) is 37.3 Å². The lowest BCUT2D eigenvalue weighted by Crippen LogP contribution is -2.15. The van der Waals surface area contributed by atoms with Gasteiger partial charge in [0.1, 0.15) is 4.88 Å². The van der Waals surface area contributed by atoms with Gasteiger partial charge in [-0.2, -0.15) is 0 Å². The van der Waals surface area contributed by atoms with E-state index in [4.69, 9.17) is 5.11 Å². The second-order valence-corrected chi connectivity index (χ2v) is 13.0. The van der Waals surface area contributed by atoms with E-state index < -0.39 is 5.97 Å². The molecule has 1 N–H and O–H groups in total. The Morgan fingerprint density at radius 3 is 2.06 bits per heavy atom. The summed E-state index contributed by atoms with van der Waals surface area (Å²) in [5.74, 6) is 0.197. The molecule has 176 valence electrons. The Hall–Kier alpha value is -2.04. The predicted octanol–water partition coefficient (Wildman–Crippen LogP) is 8.78. The third-order valence-corrected chi connectivity index (χ3v) is 8.72. The van der Waals surface area contributed by atoms with Crippen LogP contribution in [0, 0.1) is 19.3 Å². The van der Waals surface area contributed by atoms with Crippen molar-refractivity contribution in [2.45, 2.75) is 71.6 Å². The highest BCUT2D eigenvalue weighted by Gasteiger charge is 2.20. The van der Waals surface area contributed by atoms with Crippen molar-refractivity contribution in [1.29, 1.82) is 0 Å². The third-order valence-electron chi connectivity index (χ3n) is 6.10. The summed E-state index contributed by atoms with van der Waals surface area (Å²) in [6.45, 7) is 15.8. The highest BCUT2D eigenvalue weighted by molar-refractivity contribution is 7.99. The molecule has 1 aromatic heterocycles. The number of benzene rings is 2. The van der Waals surface area contributed by atoms with Gasteiger partial charge in [-0.05, 0) is 89.6 Å². The van der Waals surface area contributed by atoms with Crippen LogP contribution in [-0.4, -0.2) is 16.8 Å². The summed E-state index contributed by atoms with van der Waals surface area (Å²) in [4.78, 5) is 14.0. The molecule has 0 amide bonds. The van der Waals surface area contributed by atoms with Gasteiger partial charge in [0.15, 0.2) is 0 Å². The van der Waals surface area contributed by atoms with E-state index in [-0.39, 0.29) is 10.8 Å². The van der Waals surface area contributed by atoms with E-state index in [0.29, 0.717) is 4.88 Å². The fraction of sp³-hybridized carbons (Fsp3) is 0.414. The van der Waals surface area contributed by atoms with Crippen molar-refractivity contribution in [1.82, 2.24) is 0 Å². The van der Waals surface area contributed by atoms with Gasteiger partial charge in [0, 0.05) is 15.5 Å². The molecular formula is C29H36O2S2. The predicted molar refractivity (Wildman–Crippen MR) is 144 cm³/mol. The normalized spacial score (nSPS) is 12.2. The van der Waals surface area contributed by atoms with Crippen molar-refractivity contribution in [3.8, 4) is 11.1 Å². The van der Waals surface area contributed by atoms with Gasteiger partial charge in [0.2, 0.25) is 0 Å².